The number of nitrogens with two attached hydrogens (primary N) is 1. The van der Waals surface area contributed by atoms with E-state index in [9.17, 15) is 4.79 Å². The number of aromatic nitrogens is 1. The molecular weight excluding hydrogens is 300 g/mol. The monoisotopic (exact) mass is 330 g/mol. The zero-order valence-electron chi connectivity index (χ0n) is 14.5. The van der Waals surface area contributed by atoms with Crippen LogP contribution in [0.5, 0.6) is 0 Å². The van der Waals surface area contributed by atoms with E-state index in [2.05, 4.69) is 15.2 Å². The maximum absolute atomic E-state index is 13.3. The molecule has 1 aliphatic carbocycles. The van der Waals surface area contributed by atoms with Gasteiger partial charge in [0.2, 0.25) is 5.91 Å². The van der Waals surface area contributed by atoms with E-state index in [1.165, 1.54) is 0 Å². The Morgan fingerprint density at radius 2 is 2.12 bits per heavy atom. The van der Waals surface area contributed by atoms with Gasteiger partial charge in [0.25, 0.3) is 0 Å². The van der Waals surface area contributed by atoms with E-state index >= 15 is 0 Å². The Balaban J connectivity index is 1.76. The Hall–Kier alpha value is -1.46. The second-order valence-corrected chi connectivity index (χ2v) is 7.25. The number of rotatable bonds is 4. The molecule has 0 aromatic carbocycles. The van der Waals surface area contributed by atoms with Crippen molar-refractivity contribution >= 4 is 5.91 Å². The number of carbonyl (C=O) groups excluding carboxylic acids is 1. The first-order valence-corrected chi connectivity index (χ1v) is 9.40. The highest BCUT2D eigenvalue weighted by molar-refractivity contribution is 5.79. The van der Waals surface area contributed by atoms with Crippen molar-refractivity contribution in [1.82, 2.24) is 15.2 Å². The van der Waals surface area contributed by atoms with Gasteiger partial charge in [0.1, 0.15) is 0 Å². The van der Waals surface area contributed by atoms with E-state index in [1.54, 1.807) is 0 Å². The van der Waals surface area contributed by atoms with Gasteiger partial charge in [0, 0.05) is 24.2 Å². The fourth-order valence-electron chi connectivity index (χ4n) is 4.05. The zero-order chi connectivity index (χ0) is 16.8. The lowest BCUT2D eigenvalue weighted by Gasteiger charge is -2.36. The predicted molar refractivity (Wildman–Crippen MR) is 95.2 cm³/mol. The molecule has 3 rings (SSSR count). The lowest BCUT2D eigenvalue weighted by atomic mass is 9.84. The summed E-state index contributed by atoms with van der Waals surface area (Å²) in [5, 5.41) is 3.45. The molecule has 2 fully saturated rings. The number of nitrogens with one attached hydrogen (secondary N) is 1. The van der Waals surface area contributed by atoms with Gasteiger partial charge in [0.15, 0.2) is 0 Å². The van der Waals surface area contributed by atoms with Crippen LogP contribution in [0.3, 0.4) is 0 Å². The SMILES string of the molecule is NC1CCCC(C(=O)N(Cc2ccccn2)C2CCCNCC2)C1. The molecule has 0 spiro atoms. The highest BCUT2D eigenvalue weighted by Gasteiger charge is 2.32. The van der Waals surface area contributed by atoms with Crippen molar-refractivity contribution in [2.24, 2.45) is 11.7 Å². The maximum atomic E-state index is 13.3. The largest absolute Gasteiger partial charge is 0.334 e. The van der Waals surface area contributed by atoms with Gasteiger partial charge >= 0.3 is 0 Å². The molecule has 3 unspecified atom stereocenters. The summed E-state index contributed by atoms with van der Waals surface area (Å²) in [4.78, 5) is 19.8. The van der Waals surface area contributed by atoms with Crippen LogP contribution in [0.15, 0.2) is 24.4 Å². The van der Waals surface area contributed by atoms with Crippen LogP contribution in [0.1, 0.15) is 50.6 Å². The van der Waals surface area contributed by atoms with Gasteiger partial charge in [-0.15, -0.1) is 0 Å². The van der Waals surface area contributed by atoms with Gasteiger partial charge in [-0.25, -0.2) is 0 Å². The van der Waals surface area contributed by atoms with Crippen LogP contribution in [-0.4, -0.2) is 41.0 Å². The Bertz CT molecular complexity index is 513. The van der Waals surface area contributed by atoms with E-state index in [0.717, 1.165) is 63.7 Å². The summed E-state index contributed by atoms with van der Waals surface area (Å²) in [7, 11) is 0. The van der Waals surface area contributed by atoms with Crippen LogP contribution < -0.4 is 11.1 Å². The molecule has 5 heteroatoms. The van der Waals surface area contributed by atoms with Gasteiger partial charge in [-0.1, -0.05) is 12.5 Å². The summed E-state index contributed by atoms with van der Waals surface area (Å²) in [6.07, 6.45) is 8.98. The van der Waals surface area contributed by atoms with Gasteiger partial charge < -0.3 is 16.0 Å². The van der Waals surface area contributed by atoms with Crippen molar-refractivity contribution in [2.75, 3.05) is 13.1 Å². The van der Waals surface area contributed by atoms with E-state index in [-0.39, 0.29) is 12.0 Å². The summed E-state index contributed by atoms with van der Waals surface area (Å²) >= 11 is 0. The molecule has 1 aromatic heterocycles. The number of pyridine rings is 1. The van der Waals surface area contributed by atoms with Crippen molar-refractivity contribution in [2.45, 2.75) is 63.6 Å². The molecule has 2 heterocycles. The fourth-order valence-corrected chi connectivity index (χ4v) is 4.05. The normalized spacial score (nSPS) is 28.1. The molecule has 1 aromatic rings. The molecule has 1 amide bonds. The fraction of sp³-hybridized carbons (Fsp3) is 0.684. The summed E-state index contributed by atoms with van der Waals surface area (Å²) < 4.78 is 0. The molecule has 132 valence electrons. The number of nitrogens with zero attached hydrogens (tertiary/aromatic N) is 2. The molecule has 1 aliphatic heterocycles. The van der Waals surface area contributed by atoms with Gasteiger partial charge in [-0.2, -0.15) is 0 Å². The highest BCUT2D eigenvalue weighted by Crippen LogP contribution is 2.28. The average Bonchev–Trinajstić information content (AvgIpc) is 2.89. The molecule has 24 heavy (non-hydrogen) atoms. The molecule has 3 N–H and O–H groups in total. The summed E-state index contributed by atoms with van der Waals surface area (Å²) in [6.45, 7) is 2.66. The van der Waals surface area contributed by atoms with Crippen molar-refractivity contribution in [1.29, 1.82) is 0 Å². The quantitative estimate of drug-likeness (QED) is 0.886. The Kier molecular flexibility index (Phi) is 6.21. The standard InChI is InChI=1S/C19H30N4O/c20-16-6-3-5-15(13-16)19(24)23(14-17-7-1-2-11-22-17)18-8-4-10-21-12-9-18/h1-2,7,11,15-16,18,21H,3-6,8-10,12-14,20H2. The number of amides is 1. The van der Waals surface area contributed by atoms with Crippen molar-refractivity contribution < 1.29 is 4.79 Å². The third-order valence-corrected chi connectivity index (χ3v) is 5.39. The Morgan fingerprint density at radius 1 is 1.21 bits per heavy atom. The minimum absolute atomic E-state index is 0.0914. The first-order chi connectivity index (χ1) is 11.7. The van der Waals surface area contributed by atoms with Gasteiger partial charge in [0.05, 0.1) is 12.2 Å². The van der Waals surface area contributed by atoms with E-state index < -0.39 is 0 Å². The smallest absolute Gasteiger partial charge is 0.226 e. The van der Waals surface area contributed by atoms with Crippen molar-refractivity contribution in [3.8, 4) is 0 Å². The van der Waals surface area contributed by atoms with E-state index in [1.807, 2.05) is 24.4 Å². The summed E-state index contributed by atoms with van der Waals surface area (Å²) in [5.41, 5.74) is 7.10. The second-order valence-electron chi connectivity index (χ2n) is 7.25. The molecule has 2 aliphatic rings. The molecule has 1 saturated heterocycles. The van der Waals surface area contributed by atoms with Crippen LogP contribution in [0.2, 0.25) is 0 Å². The minimum Gasteiger partial charge on any atom is -0.334 e. The van der Waals surface area contributed by atoms with Crippen molar-refractivity contribution in [3.05, 3.63) is 30.1 Å². The summed E-state index contributed by atoms with van der Waals surface area (Å²) in [6, 6.07) is 6.43. The van der Waals surface area contributed by atoms with Gasteiger partial charge in [-0.05, 0) is 63.7 Å². The molecular formula is C19H30N4O. The topological polar surface area (TPSA) is 71.2 Å². The number of hydrogen-bond acceptors (Lipinski definition) is 4. The van der Waals surface area contributed by atoms with Crippen LogP contribution in [0.25, 0.3) is 0 Å². The average molecular weight is 330 g/mol. The molecule has 3 atom stereocenters. The van der Waals surface area contributed by atoms with Crippen LogP contribution in [0.4, 0.5) is 0 Å². The molecule has 5 nitrogen and oxygen atoms in total. The molecule has 1 saturated carbocycles. The Morgan fingerprint density at radius 3 is 2.92 bits per heavy atom. The highest BCUT2D eigenvalue weighted by atomic mass is 16.2. The minimum atomic E-state index is 0.0914. The first kappa shape index (κ1) is 17.4. The number of hydrogen-bond donors (Lipinski definition) is 2. The van der Waals surface area contributed by atoms with E-state index in [4.69, 9.17) is 5.73 Å². The lowest BCUT2D eigenvalue weighted by Crippen LogP contribution is -2.45. The zero-order valence-corrected chi connectivity index (χ0v) is 14.5. The number of carbonyl (C=O) groups is 1. The third kappa shape index (κ3) is 4.54. The van der Waals surface area contributed by atoms with Crippen LogP contribution in [-0.2, 0) is 11.3 Å². The second kappa shape index (κ2) is 8.58. The lowest BCUT2D eigenvalue weighted by molar-refractivity contribution is -0.140. The van der Waals surface area contributed by atoms with Crippen LogP contribution in [0, 0.1) is 5.92 Å². The molecule has 0 radical (unpaired) electrons. The molecule has 0 bridgehead atoms. The van der Waals surface area contributed by atoms with Gasteiger partial charge in [-0.3, -0.25) is 9.78 Å². The van der Waals surface area contributed by atoms with Crippen molar-refractivity contribution in [3.63, 3.8) is 0 Å². The predicted octanol–water partition coefficient (Wildman–Crippen LogP) is 2.07. The van der Waals surface area contributed by atoms with E-state index in [0.29, 0.717) is 18.5 Å². The third-order valence-electron chi connectivity index (χ3n) is 5.39. The Labute approximate surface area is 145 Å². The first-order valence-electron chi connectivity index (χ1n) is 9.40. The van der Waals surface area contributed by atoms with Crippen LogP contribution >= 0.6 is 0 Å². The maximum Gasteiger partial charge on any atom is 0.226 e. The summed E-state index contributed by atoms with van der Waals surface area (Å²) in [5.74, 6) is 0.386.